The molecule has 0 saturated heterocycles. The highest BCUT2D eigenvalue weighted by molar-refractivity contribution is 5.76. The van der Waals surface area contributed by atoms with Gasteiger partial charge >= 0.3 is 0 Å². The third-order valence-electron chi connectivity index (χ3n) is 1.06. The lowest BCUT2D eigenvalue weighted by atomic mass is 10.1. The maximum absolute atomic E-state index is 10.4. The predicted molar refractivity (Wildman–Crippen MR) is 28.6 cm³/mol. The highest BCUT2D eigenvalue weighted by Gasteiger charge is 2.02. The predicted octanol–water partition coefficient (Wildman–Crippen LogP) is 0.518. The minimum absolute atomic E-state index is 0.0208. The fourth-order valence-corrected chi connectivity index (χ4v) is 0.185. The minimum atomic E-state index is -0.201. The Bertz CT molecular complexity index is 84.5. The molecule has 2 N–H and O–H groups in total. The van der Waals surface area contributed by atoms with Gasteiger partial charge in [-0.05, 0) is 6.42 Å². The first-order valence-electron chi connectivity index (χ1n) is 2.94. The van der Waals surface area contributed by atoms with Gasteiger partial charge < -0.3 is 5.73 Å². The van der Waals surface area contributed by atoms with Crippen LogP contribution in [0, 0.1) is 5.92 Å². The fourth-order valence-electron chi connectivity index (χ4n) is 0.185. The molecule has 0 aromatic carbocycles. The van der Waals surface area contributed by atoms with Gasteiger partial charge in [-0.15, -0.1) is 0 Å². The summed E-state index contributed by atoms with van der Waals surface area (Å²) in [6.45, 7) is 3.71. The van der Waals surface area contributed by atoms with Crippen LogP contribution in [-0.4, -0.2) is 5.91 Å². The Kier molecular flexibility index (Phi) is 1.72. The van der Waals surface area contributed by atoms with Crippen molar-refractivity contribution in [1.82, 2.24) is 0 Å². The van der Waals surface area contributed by atoms with Gasteiger partial charge in [0.25, 0.3) is 0 Å². The second-order valence-electron chi connectivity index (χ2n) is 1.67. The molecule has 42 valence electrons. The molecular formula is C5H11NO. The number of primary amides is 1. The summed E-state index contributed by atoms with van der Waals surface area (Å²) in [6, 6.07) is 0. The first-order chi connectivity index (χ1) is 3.72. The van der Waals surface area contributed by atoms with Crippen molar-refractivity contribution in [2.45, 2.75) is 20.3 Å². The van der Waals surface area contributed by atoms with Gasteiger partial charge in [-0.3, -0.25) is 4.79 Å². The van der Waals surface area contributed by atoms with E-state index < -0.39 is 0 Å². The Morgan fingerprint density at radius 3 is 2.86 bits per heavy atom. The quantitative estimate of drug-likeness (QED) is 0.542. The largest absolute Gasteiger partial charge is 0.369 e. The Morgan fingerprint density at radius 1 is 2.14 bits per heavy atom. The SMILES string of the molecule is [2H]NC(=O)[C@H](C)CC. The summed E-state index contributed by atoms with van der Waals surface area (Å²) in [7, 11) is 0. The third-order valence-corrected chi connectivity index (χ3v) is 1.06. The third kappa shape index (κ3) is 2.20. The van der Waals surface area contributed by atoms with Crippen LogP contribution in [0.15, 0.2) is 0 Å². The van der Waals surface area contributed by atoms with Crippen molar-refractivity contribution in [3.05, 3.63) is 0 Å². The van der Waals surface area contributed by atoms with Gasteiger partial charge in [-0.25, -0.2) is 0 Å². The zero-order chi connectivity index (χ0) is 6.57. The summed E-state index contributed by atoms with van der Waals surface area (Å²) in [5.41, 5.74) is 1.83. The maximum Gasteiger partial charge on any atom is 0.220 e. The van der Waals surface area contributed by atoms with E-state index in [9.17, 15) is 4.79 Å². The van der Waals surface area contributed by atoms with E-state index in [1.165, 1.54) is 0 Å². The van der Waals surface area contributed by atoms with E-state index >= 15 is 0 Å². The summed E-state index contributed by atoms with van der Waals surface area (Å²) in [5.74, 6) is -0.222. The molecule has 0 rings (SSSR count). The summed E-state index contributed by atoms with van der Waals surface area (Å²) < 4.78 is 6.44. The first kappa shape index (κ1) is 4.62. The molecule has 0 radical (unpaired) electrons. The lowest BCUT2D eigenvalue weighted by Gasteiger charge is -1.98. The van der Waals surface area contributed by atoms with Crippen molar-refractivity contribution in [2.24, 2.45) is 11.6 Å². The molecule has 0 aromatic heterocycles. The van der Waals surface area contributed by atoms with Crippen molar-refractivity contribution in [2.75, 3.05) is 0 Å². The van der Waals surface area contributed by atoms with Gasteiger partial charge in [-0.2, -0.15) is 0 Å². The molecule has 0 unspecified atom stereocenters. The summed E-state index contributed by atoms with van der Waals surface area (Å²) in [6.07, 6.45) is 0.796. The zero-order valence-corrected chi connectivity index (χ0v) is 4.69. The molecule has 2 nitrogen and oxygen atoms in total. The maximum atomic E-state index is 10.4. The molecule has 0 aliphatic rings. The monoisotopic (exact) mass is 102 g/mol. The molecule has 1 atom stereocenters. The average molecular weight is 102 g/mol. The molecule has 0 spiro atoms. The molecule has 0 aliphatic heterocycles. The average Bonchev–Trinajstić information content (AvgIpc) is 1.84. The van der Waals surface area contributed by atoms with Crippen LogP contribution in [0.4, 0.5) is 0 Å². The van der Waals surface area contributed by atoms with Crippen LogP contribution in [0.3, 0.4) is 0 Å². The Hall–Kier alpha value is -0.530. The van der Waals surface area contributed by atoms with Gasteiger partial charge in [0.05, 0.1) is 0 Å². The Balaban J connectivity index is 3.46. The van der Waals surface area contributed by atoms with E-state index in [0.29, 0.717) is 0 Å². The second-order valence-corrected chi connectivity index (χ2v) is 1.67. The molecule has 0 bridgehead atoms. The van der Waals surface area contributed by atoms with Crippen LogP contribution in [0.5, 0.6) is 0 Å². The number of hydrogen-bond donors (Lipinski definition) is 1. The number of hydrogen-bond acceptors (Lipinski definition) is 1. The number of carbonyl (C=O) groups excluding carboxylic acids is 1. The normalized spacial score (nSPS) is 14.9. The fraction of sp³-hybridized carbons (Fsp3) is 0.800. The molecular weight excluding hydrogens is 90.1 g/mol. The Labute approximate surface area is 45.2 Å². The van der Waals surface area contributed by atoms with Crippen LogP contribution in [0.25, 0.3) is 0 Å². The van der Waals surface area contributed by atoms with Crippen molar-refractivity contribution >= 4 is 5.91 Å². The van der Waals surface area contributed by atoms with Gasteiger partial charge in [0.1, 0.15) is 0 Å². The molecule has 0 saturated carbocycles. The Morgan fingerprint density at radius 2 is 2.71 bits per heavy atom. The number of carbonyl (C=O) groups is 1. The van der Waals surface area contributed by atoms with Gasteiger partial charge in [0, 0.05) is 5.92 Å². The number of nitrogens with two attached hydrogens (primary N) is 1. The molecule has 2 heteroatoms. The van der Waals surface area contributed by atoms with E-state index in [-0.39, 0.29) is 11.8 Å². The zero-order valence-electron chi connectivity index (χ0n) is 5.69. The highest BCUT2D eigenvalue weighted by Crippen LogP contribution is 1.96. The van der Waals surface area contributed by atoms with Crippen molar-refractivity contribution in [1.29, 1.82) is 0 Å². The van der Waals surface area contributed by atoms with Crippen LogP contribution in [0.2, 0.25) is 1.41 Å². The summed E-state index contributed by atoms with van der Waals surface area (Å²) >= 11 is 0. The van der Waals surface area contributed by atoms with E-state index in [1.54, 1.807) is 6.92 Å². The van der Waals surface area contributed by atoms with E-state index in [2.05, 4.69) is 0 Å². The van der Waals surface area contributed by atoms with Crippen molar-refractivity contribution in [3.8, 4) is 0 Å². The van der Waals surface area contributed by atoms with E-state index in [0.717, 1.165) is 6.42 Å². The van der Waals surface area contributed by atoms with Gasteiger partial charge in [-0.1, -0.05) is 13.8 Å². The lowest BCUT2D eigenvalue weighted by molar-refractivity contribution is -0.121. The van der Waals surface area contributed by atoms with Crippen molar-refractivity contribution in [3.63, 3.8) is 0 Å². The summed E-state index contributed by atoms with van der Waals surface area (Å²) in [4.78, 5) is 10.4. The molecule has 7 heavy (non-hydrogen) atoms. The topological polar surface area (TPSA) is 43.1 Å². The smallest absolute Gasteiger partial charge is 0.220 e. The molecule has 0 heterocycles. The molecule has 1 amide bonds. The van der Waals surface area contributed by atoms with Crippen molar-refractivity contribution < 1.29 is 6.21 Å². The van der Waals surface area contributed by atoms with Crippen LogP contribution in [0.1, 0.15) is 20.3 Å². The molecule has 0 fully saturated rings. The van der Waals surface area contributed by atoms with Crippen LogP contribution in [-0.2, 0) is 4.79 Å². The second kappa shape index (κ2) is 2.61. The first-order valence-corrected chi connectivity index (χ1v) is 2.44. The number of amides is 1. The van der Waals surface area contributed by atoms with E-state index in [4.69, 9.17) is 1.41 Å². The summed E-state index contributed by atoms with van der Waals surface area (Å²) in [5, 5.41) is 0. The van der Waals surface area contributed by atoms with Crippen LogP contribution >= 0.6 is 0 Å². The number of rotatable bonds is 2. The van der Waals surface area contributed by atoms with Crippen LogP contribution < -0.4 is 5.73 Å². The minimum Gasteiger partial charge on any atom is -0.369 e. The van der Waals surface area contributed by atoms with E-state index in [1.807, 2.05) is 12.7 Å². The molecule has 0 aliphatic carbocycles. The lowest BCUT2D eigenvalue weighted by Crippen LogP contribution is -2.19. The van der Waals surface area contributed by atoms with Gasteiger partial charge in [0.2, 0.25) is 5.91 Å². The standard InChI is InChI=1S/C5H11NO/c1-3-4(2)5(6)7/h4H,3H2,1-2H3,(H2,6,7)/t4-/m1/s1/i/hD. The molecule has 0 aromatic rings. The van der Waals surface area contributed by atoms with Gasteiger partial charge in [0.15, 0.2) is 1.41 Å². The highest BCUT2D eigenvalue weighted by atomic mass is 16.1.